The van der Waals surface area contributed by atoms with E-state index in [1.807, 2.05) is 23.1 Å². The molecule has 4 heterocycles. The number of hydrogen-bond acceptors (Lipinski definition) is 8. The van der Waals surface area contributed by atoms with Gasteiger partial charge in [0, 0.05) is 25.2 Å². The lowest BCUT2D eigenvalue weighted by Gasteiger charge is -2.35. The highest BCUT2D eigenvalue weighted by Gasteiger charge is 2.30. The van der Waals surface area contributed by atoms with Crippen molar-refractivity contribution in [2.24, 2.45) is 5.92 Å². The number of morpholine rings is 1. The Morgan fingerprint density at radius 2 is 2.00 bits per heavy atom. The molecule has 0 radical (unpaired) electrons. The topological polar surface area (TPSA) is 90.2 Å². The van der Waals surface area contributed by atoms with E-state index in [1.54, 1.807) is 0 Å². The van der Waals surface area contributed by atoms with Gasteiger partial charge < -0.3 is 23.6 Å². The summed E-state index contributed by atoms with van der Waals surface area (Å²) < 4.78 is 21.6. The summed E-state index contributed by atoms with van der Waals surface area (Å²) in [5.41, 5.74) is 0.822. The van der Waals surface area contributed by atoms with Crippen molar-refractivity contribution in [3.05, 3.63) is 24.1 Å². The lowest BCUT2D eigenvalue weighted by atomic mass is 9.96. The van der Waals surface area contributed by atoms with Gasteiger partial charge in [-0.1, -0.05) is 5.16 Å². The molecule has 2 fully saturated rings. The second-order valence-electron chi connectivity index (χ2n) is 7.59. The molecule has 9 nitrogen and oxygen atoms in total. The summed E-state index contributed by atoms with van der Waals surface area (Å²) in [7, 11) is 0. The second-order valence-corrected chi connectivity index (χ2v) is 7.59. The smallest absolute Gasteiger partial charge is 0.241 e. The van der Waals surface area contributed by atoms with Crippen LogP contribution in [0.15, 0.2) is 22.7 Å². The molecule has 1 aromatic carbocycles. The van der Waals surface area contributed by atoms with Gasteiger partial charge in [0.1, 0.15) is 0 Å². The molecule has 1 amide bonds. The first-order chi connectivity index (χ1) is 14.3. The van der Waals surface area contributed by atoms with E-state index in [2.05, 4.69) is 15.0 Å². The SMILES string of the molecule is O=C([C@H]1CCCN(Cc2nc(-c3ccc4c(c3)OCO4)no2)C1)N1CCOCC1. The van der Waals surface area contributed by atoms with Gasteiger partial charge in [-0.3, -0.25) is 9.69 Å². The van der Waals surface area contributed by atoms with E-state index in [9.17, 15) is 4.79 Å². The van der Waals surface area contributed by atoms with Crippen LogP contribution in [0, 0.1) is 5.92 Å². The maximum atomic E-state index is 12.8. The molecular formula is C20H24N4O5. The third-order valence-electron chi connectivity index (χ3n) is 5.64. The first-order valence-electron chi connectivity index (χ1n) is 10.1. The lowest BCUT2D eigenvalue weighted by Crippen LogP contribution is -2.48. The van der Waals surface area contributed by atoms with Crippen LogP contribution in [0.2, 0.25) is 0 Å². The summed E-state index contributed by atoms with van der Waals surface area (Å²) in [4.78, 5) is 21.5. The Balaban J connectivity index is 1.22. The molecule has 0 N–H and O–H groups in total. The molecule has 0 spiro atoms. The minimum Gasteiger partial charge on any atom is -0.454 e. The quantitative estimate of drug-likeness (QED) is 0.763. The number of carbonyl (C=O) groups excluding carboxylic acids is 1. The first-order valence-corrected chi connectivity index (χ1v) is 10.1. The fraction of sp³-hybridized carbons (Fsp3) is 0.550. The first kappa shape index (κ1) is 18.4. The van der Waals surface area contributed by atoms with Gasteiger partial charge in [-0.25, -0.2) is 0 Å². The van der Waals surface area contributed by atoms with Crippen molar-refractivity contribution >= 4 is 5.91 Å². The zero-order valence-electron chi connectivity index (χ0n) is 16.2. The molecule has 2 aromatic rings. The van der Waals surface area contributed by atoms with E-state index in [1.165, 1.54) is 0 Å². The van der Waals surface area contributed by atoms with Crippen LogP contribution in [0.3, 0.4) is 0 Å². The molecule has 0 aliphatic carbocycles. The number of nitrogens with zero attached hydrogens (tertiary/aromatic N) is 4. The highest BCUT2D eigenvalue weighted by molar-refractivity contribution is 5.79. The van der Waals surface area contributed by atoms with Gasteiger partial charge in [0.15, 0.2) is 11.5 Å². The molecule has 29 heavy (non-hydrogen) atoms. The van der Waals surface area contributed by atoms with Crippen LogP contribution >= 0.6 is 0 Å². The number of ether oxygens (including phenoxy) is 3. The fourth-order valence-electron chi connectivity index (χ4n) is 4.11. The lowest BCUT2D eigenvalue weighted by molar-refractivity contribution is -0.141. The van der Waals surface area contributed by atoms with Crippen LogP contribution in [0.1, 0.15) is 18.7 Å². The van der Waals surface area contributed by atoms with Crippen molar-refractivity contribution in [2.75, 3.05) is 46.2 Å². The van der Waals surface area contributed by atoms with Gasteiger partial charge in [-0.05, 0) is 37.6 Å². The Morgan fingerprint density at radius 3 is 2.90 bits per heavy atom. The largest absolute Gasteiger partial charge is 0.454 e. The molecule has 3 aliphatic rings. The number of hydrogen-bond donors (Lipinski definition) is 0. The van der Waals surface area contributed by atoms with Crippen molar-refractivity contribution < 1.29 is 23.5 Å². The summed E-state index contributed by atoms with van der Waals surface area (Å²) in [6.45, 7) is 5.07. The third kappa shape index (κ3) is 3.92. The van der Waals surface area contributed by atoms with Crippen LogP contribution in [0.4, 0.5) is 0 Å². The van der Waals surface area contributed by atoms with Crippen LogP contribution < -0.4 is 9.47 Å². The number of aromatic nitrogens is 2. The number of carbonyl (C=O) groups is 1. The Kier molecular flexibility index (Phi) is 5.07. The number of piperidine rings is 1. The van der Waals surface area contributed by atoms with Crippen molar-refractivity contribution in [3.8, 4) is 22.9 Å². The maximum absolute atomic E-state index is 12.8. The van der Waals surface area contributed by atoms with E-state index in [-0.39, 0.29) is 18.6 Å². The van der Waals surface area contributed by atoms with E-state index >= 15 is 0 Å². The molecule has 154 valence electrons. The predicted octanol–water partition coefficient (Wildman–Crippen LogP) is 1.54. The average Bonchev–Trinajstić information content (AvgIpc) is 3.43. The summed E-state index contributed by atoms with van der Waals surface area (Å²) >= 11 is 0. The summed E-state index contributed by atoms with van der Waals surface area (Å²) in [6, 6.07) is 5.59. The van der Waals surface area contributed by atoms with Crippen molar-refractivity contribution in [1.82, 2.24) is 19.9 Å². The van der Waals surface area contributed by atoms with Gasteiger partial charge in [0.2, 0.25) is 24.4 Å². The van der Waals surface area contributed by atoms with Crippen molar-refractivity contribution in [2.45, 2.75) is 19.4 Å². The van der Waals surface area contributed by atoms with Gasteiger partial charge >= 0.3 is 0 Å². The molecule has 9 heteroatoms. The molecule has 0 bridgehead atoms. The van der Waals surface area contributed by atoms with Crippen molar-refractivity contribution in [3.63, 3.8) is 0 Å². The van der Waals surface area contributed by atoms with Crippen LogP contribution in [-0.2, 0) is 16.1 Å². The number of benzene rings is 1. The third-order valence-corrected chi connectivity index (χ3v) is 5.64. The predicted molar refractivity (Wildman–Crippen MR) is 101 cm³/mol. The molecule has 0 saturated carbocycles. The maximum Gasteiger partial charge on any atom is 0.241 e. The Hall–Kier alpha value is -2.65. The highest BCUT2D eigenvalue weighted by atomic mass is 16.7. The zero-order valence-corrected chi connectivity index (χ0v) is 16.2. The zero-order chi connectivity index (χ0) is 19.6. The molecule has 2 saturated heterocycles. The van der Waals surface area contributed by atoms with Gasteiger partial charge in [-0.15, -0.1) is 0 Å². The minimum absolute atomic E-state index is 0.0260. The molecule has 1 atom stereocenters. The van der Waals surface area contributed by atoms with E-state index in [0.717, 1.165) is 37.2 Å². The fourth-order valence-corrected chi connectivity index (χ4v) is 4.11. The van der Waals surface area contributed by atoms with Gasteiger partial charge in [-0.2, -0.15) is 4.98 Å². The van der Waals surface area contributed by atoms with Crippen molar-refractivity contribution in [1.29, 1.82) is 0 Å². The number of amides is 1. The molecule has 5 rings (SSSR count). The highest BCUT2D eigenvalue weighted by Crippen LogP contribution is 2.35. The number of fused-ring (bicyclic) bond motifs is 1. The number of likely N-dealkylation sites (tertiary alicyclic amines) is 1. The number of rotatable bonds is 4. The standard InChI is InChI=1S/C20H24N4O5/c25-20(24-6-8-26-9-7-24)15-2-1-5-23(11-15)12-18-21-19(22-29-18)14-3-4-16-17(10-14)28-13-27-16/h3-4,10,15H,1-2,5-9,11-13H2/t15-/m0/s1. The summed E-state index contributed by atoms with van der Waals surface area (Å²) in [5.74, 6) is 2.76. The average molecular weight is 400 g/mol. The van der Waals surface area contributed by atoms with Gasteiger partial charge in [0.05, 0.1) is 25.7 Å². The Morgan fingerprint density at radius 1 is 1.14 bits per heavy atom. The summed E-state index contributed by atoms with van der Waals surface area (Å²) in [6.07, 6.45) is 1.92. The minimum atomic E-state index is 0.0260. The van der Waals surface area contributed by atoms with E-state index in [4.69, 9.17) is 18.7 Å². The van der Waals surface area contributed by atoms with Crippen LogP contribution in [0.25, 0.3) is 11.4 Å². The summed E-state index contributed by atoms with van der Waals surface area (Å²) in [5, 5.41) is 4.11. The van der Waals surface area contributed by atoms with E-state index < -0.39 is 0 Å². The Labute approximate surface area is 168 Å². The molecule has 3 aliphatic heterocycles. The normalized spacial score (nSPS) is 22.1. The van der Waals surface area contributed by atoms with Crippen LogP contribution in [-0.4, -0.2) is 72.0 Å². The van der Waals surface area contributed by atoms with Crippen LogP contribution in [0.5, 0.6) is 11.5 Å². The molecule has 1 aromatic heterocycles. The molecular weight excluding hydrogens is 376 g/mol. The molecule has 0 unspecified atom stereocenters. The second kappa shape index (κ2) is 8.00. The Bertz CT molecular complexity index is 880. The van der Waals surface area contributed by atoms with E-state index in [0.29, 0.717) is 50.3 Å². The monoisotopic (exact) mass is 400 g/mol. The van der Waals surface area contributed by atoms with Gasteiger partial charge in [0.25, 0.3) is 0 Å².